The molecular weight excluding hydrogens is 350 g/mol. The van der Waals surface area contributed by atoms with Crippen molar-refractivity contribution in [2.75, 3.05) is 25.5 Å². The molecule has 0 radical (unpaired) electrons. The van der Waals surface area contributed by atoms with Gasteiger partial charge in [-0.25, -0.2) is 0 Å². The van der Waals surface area contributed by atoms with E-state index in [2.05, 4.69) is 17.4 Å². The lowest BCUT2D eigenvalue weighted by molar-refractivity contribution is -0.144. The highest BCUT2D eigenvalue weighted by Gasteiger charge is 2.29. The van der Waals surface area contributed by atoms with Gasteiger partial charge >= 0.3 is 5.97 Å². The summed E-state index contributed by atoms with van der Waals surface area (Å²) >= 11 is 1.46. The first-order valence-electron chi connectivity index (χ1n) is 8.82. The maximum Gasteiger partial charge on any atom is 0.308 e. The third-order valence-corrected chi connectivity index (χ3v) is 5.76. The zero-order valence-corrected chi connectivity index (χ0v) is 15.3. The van der Waals surface area contributed by atoms with E-state index in [0.29, 0.717) is 13.2 Å². The van der Waals surface area contributed by atoms with E-state index in [-0.39, 0.29) is 24.1 Å². The molecule has 1 aliphatic heterocycles. The molecule has 1 amide bonds. The van der Waals surface area contributed by atoms with E-state index >= 15 is 0 Å². The minimum Gasteiger partial charge on any atom is -0.481 e. The van der Waals surface area contributed by atoms with Gasteiger partial charge in [-0.1, -0.05) is 30.3 Å². The highest BCUT2D eigenvalue weighted by Crippen LogP contribution is 2.25. The van der Waals surface area contributed by atoms with Crippen molar-refractivity contribution in [1.82, 2.24) is 5.32 Å². The lowest BCUT2D eigenvalue weighted by atomic mass is 9.86. The molecule has 0 spiro atoms. The Morgan fingerprint density at radius 2 is 1.88 bits per heavy atom. The predicted octanol–water partition coefficient (Wildman–Crippen LogP) is 3.18. The number of carbonyl (C=O) groups is 2. The minimum absolute atomic E-state index is 0.0645. The summed E-state index contributed by atoms with van der Waals surface area (Å²) in [6, 6.07) is 14.2. The van der Waals surface area contributed by atoms with E-state index in [0.717, 1.165) is 23.1 Å². The zero-order valence-electron chi connectivity index (χ0n) is 14.5. The van der Waals surface area contributed by atoms with Crippen molar-refractivity contribution < 1.29 is 19.4 Å². The van der Waals surface area contributed by atoms with Crippen molar-refractivity contribution in [1.29, 1.82) is 0 Å². The molecule has 5 nitrogen and oxygen atoms in total. The smallest absolute Gasteiger partial charge is 0.308 e. The van der Waals surface area contributed by atoms with Crippen molar-refractivity contribution in [3.05, 3.63) is 42.5 Å². The van der Waals surface area contributed by atoms with E-state index in [9.17, 15) is 14.7 Å². The first-order chi connectivity index (χ1) is 12.6. The summed E-state index contributed by atoms with van der Waals surface area (Å²) in [6.45, 7) is 1.37. The number of amides is 1. The molecule has 26 heavy (non-hydrogen) atoms. The number of carbonyl (C=O) groups excluding carboxylic acids is 1. The normalized spacial score (nSPS) is 16.3. The Labute approximate surface area is 157 Å². The zero-order chi connectivity index (χ0) is 18.4. The van der Waals surface area contributed by atoms with Crippen LogP contribution in [0.25, 0.3) is 10.8 Å². The van der Waals surface area contributed by atoms with Crippen LogP contribution in [0.5, 0.6) is 0 Å². The Balaban J connectivity index is 1.50. The Morgan fingerprint density at radius 3 is 2.62 bits per heavy atom. The molecule has 2 N–H and O–H groups in total. The van der Waals surface area contributed by atoms with Gasteiger partial charge in [-0.15, -0.1) is 11.8 Å². The van der Waals surface area contributed by atoms with Crippen LogP contribution in [0.2, 0.25) is 0 Å². The van der Waals surface area contributed by atoms with Crippen LogP contribution < -0.4 is 5.32 Å². The van der Waals surface area contributed by atoms with Crippen molar-refractivity contribution in [2.45, 2.75) is 17.7 Å². The molecule has 2 aromatic rings. The number of nitrogens with one attached hydrogen (secondary N) is 1. The third kappa shape index (κ3) is 4.99. The van der Waals surface area contributed by atoms with Crippen LogP contribution in [-0.4, -0.2) is 42.5 Å². The van der Waals surface area contributed by atoms with Crippen LogP contribution in [0.3, 0.4) is 0 Å². The van der Waals surface area contributed by atoms with Gasteiger partial charge in [0, 0.05) is 24.7 Å². The van der Waals surface area contributed by atoms with Crippen molar-refractivity contribution in [3.8, 4) is 0 Å². The highest BCUT2D eigenvalue weighted by molar-refractivity contribution is 8.00. The Morgan fingerprint density at radius 1 is 1.15 bits per heavy atom. The second-order valence-corrected chi connectivity index (χ2v) is 7.54. The van der Waals surface area contributed by atoms with E-state index in [4.69, 9.17) is 4.74 Å². The fourth-order valence-corrected chi connectivity index (χ4v) is 4.03. The van der Waals surface area contributed by atoms with Crippen molar-refractivity contribution >= 4 is 34.4 Å². The van der Waals surface area contributed by atoms with Gasteiger partial charge in [0.1, 0.15) is 0 Å². The molecular formula is C20H23NO4S. The topological polar surface area (TPSA) is 75.6 Å². The molecule has 2 aromatic carbocycles. The summed E-state index contributed by atoms with van der Waals surface area (Å²) in [6.07, 6.45) is 1.47. The van der Waals surface area contributed by atoms with Gasteiger partial charge in [-0.2, -0.15) is 0 Å². The van der Waals surface area contributed by atoms with E-state index in [1.807, 2.05) is 30.3 Å². The first-order valence-corrected chi connectivity index (χ1v) is 9.81. The van der Waals surface area contributed by atoms with Crippen LogP contribution in [0.1, 0.15) is 12.8 Å². The standard InChI is InChI=1S/C20H23NO4S/c22-19(21-12-18(20(23)24)15-7-9-25-10-8-15)13-26-17-6-5-14-3-1-2-4-16(14)11-17/h1-6,11,15,18H,7-10,12-13H2,(H,21,22)(H,23,24). The molecule has 6 heteroatoms. The van der Waals surface area contributed by atoms with Crippen LogP contribution in [-0.2, 0) is 14.3 Å². The quantitative estimate of drug-likeness (QED) is 0.729. The Hall–Kier alpha value is -2.05. The number of rotatable bonds is 7. The van der Waals surface area contributed by atoms with Crippen molar-refractivity contribution in [2.24, 2.45) is 11.8 Å². The Kier molecular flexibility index (Phi) is 6.52. The fraction of sp³-hybridized carbons (Fsp3) is 0.400. The maximum absolute atomic E-state index is 12.1. The van der Waals surface area contributed by atoms with Crippen LogP contribution in [0, 0.1) is 11.8 Å². The number of carboxylic acid groups (broad SMARTS) is 1. The molecule has 3 rings (SSSR count). The predicted molar refractivity (Wildman–Crippen MR) is 102 cm³/mol. The summed E-state index contributed by atoms with van der Waals surface area (Å²) in [5, 5.41) is 14.5. The molecule has 0 saturated carbocycles. The number of ether oxygens (including phenoxy) is 1. The third-order valence-electron chi connectivity index (χ3n) is 4.76. The van der Waals surface area contributed by atoms with Gasteiger partial charge in [-0.05, 0) is 41.7 Å². The first kappa shape index (κ1) is 18.7. The summed E-state index contributed by atoms with van der Waals surface area (Å²) in [4.78, 5) is 24.7. The van der Waals surface area contributed by atoms with E-state index in [1.165, 1.54) is 17.1 Å². The summed E-state index contributed by atoms with van der Waals surface area (Å²) in [5.41, 5.74) is 0. The molecule has 138 valence electrons. The number of aliphatic carboxylic acids is 1. The number of fused-ring (bicyclic) bond motifs is 1. The maximum atomic E-state index is 12.1. The molecule has 1 fully saturated rings. The van der Waals surface area contributed by atoms with Gasteiger partial charge in [0.25, 0.3) is 0 Å². The molecule has 0 aromatic heterocycles. The van der Waals surface area contributed by atoms with Gasteiger partial charge in [0.2, 0.25) is 5.91 Å². The van der Waals surface area contributed by atoms with Gasteiger partial charge in [0.05, 0.1) is 11.7 Å². The molecule has 1 aliphatic rings. The molecule has 1 heterocycles. The monoisotopic (exact) mass is 373 g/mol. The van der Waals surface area contributed by atoms with E-state index in [1.54, 1.807) is 0 Å². The number of hydrogen-bond donors (Lipinski definition) is 2. The molecule has 1 unspecified atom stereocenters. The van der Waals surface area contributed by atoms with Gasteiger partial charge in [0.15, 0.2) is 0 Å². The number of benzene rings is 2. The summed E-state index contributed by atoms with van der Waals surface area (Å²) in [5.74, 6) is -1.19. The second-order valence-electron chi connectivity index (χ2n) is 6.50. The molecule has 1 saturated heterocycles. The SMILES string of the molecule is O=C(CSc1ccc2ccccc2c1)NCC(C(=O)O)C1CCOCC1. The average Bonchev–Trinajstić information content (AvgIpc) is 2.67. The summed E-state index contributed by atoms with van der Waals surface area (Å²) in [7, 11) is 0. The van der Waals surface area contributed by atoms with Crippen LogP contribution in [0.4, 0.5) is 0 Å². The lowest BCUT2D eigenvalue weighted by Gasteiger charge is -2.27. The fourth-order valence-electron chi connectivity index (χ4n) is 3.25. The lowest BCUT2D eigenvalue weighted by Crippen LogP contribution is -2.39. The van der Waals surface area contributed by atoms with Crippen molar-refractivity contribution in [3.63, 3.8) is 0 Å². The number of carboxylic acids is 1. The van der Waals surface area contributed by atoms with Gasteiger partial charge < -0.3 is 15.2 Å². The van der Waals surface area contributed by atoms with E-state index < -0.39 is 11.9 Å². The number of thioether (sulfide) groups is 1. The Bertz CT molecular complexity index is 773. The van der Waals surface area contributed by atoms with Gasteiger partial charge in [-0.3, -0.25) is 9.59 Å². The van der Waals surface area contributed by atoms with Crippen LogP contribution in [0.15, 0.2) is 47.4 Å². The summed E-state index contributed by atoms with van der Waals surface area (Å²) < 4.78 is 5.29. The molecule has 0 bridgehead atoms. The highest BCUT2D eigenvalue weighted by atomic mass is 32.2. The second kappa shape index (κ2) is 9.05. The minimum atomic E-state index is -0.848. The molecule has 1 atom stereocenters. The largest absolute Gasteiger partial charge is 0.481 e. The van der Waals surface area contributed by atoms with Crippen LogP contribution >= 0.6 is 11.8 Å². The number of hydrogen-bond acceptors (Lipinski definition) is 4. The molecule has 0 aliphatic carbocycles. The average molecular weight is 373 g/mol.